The van der Waals surface area contributed by atoms with Crippen molar-refractivity contribution in [3.63, 3.8) is 0 Å². The van der Waals surface area contributed by atoms with E-state index in [0.29, 0.717) is 0 Å². The van der Waals surface area contributed by atoms with E-state index in [9.17, 15) is 0 Å². The van der Waals surface area contributed by atoms with E-state index in [1.54, 1.807) is 16.5 Å². The van der Waals surface area contributed by atoms with Crippen LogP contribution in [0.1, 0.15) is 131 Å². The van der Waals surface area contributed by atoms with Gasteiger partial charge in [-0.25, -0.2) is 0 Å². The molecular formula is C36H41Br. The Hall–Kier alpha value is -1.86. The quantitative estimate of drug-likeness (QED) is 0.175. The van der Waals surface area contributed by atoms with Gasteiger partial charge in [-0.15, -0.1) is 0 Å². The molecule has 192 valence electrons. The smallest absolute Gasteiger partial charge is 0.0263 e. The summed E-state index contributed by atoms with van der Waals surface area (Å²) in [5.41, 5.74) is 5.39. The van der Waals surface area contributed by atoms with Gasteiger partial charge in [0.25, 0.3) is 0 Å². The van der Waals surface area contributed by atoms with Crippen molar-refractivity contribution in [2.24, 2.45) is 0 Å². The molecular weight excluding hydrogens is 512 g/mol. The van der Waals surface area contributed by atoms with Crippen LogP contribution in [0.4, 0.5) is 0 Å². The summed E-state index contributed by atoms with van der Waals surface area (Å²) in [6.45, 7) is 0. The van der Waals surface area contributed by atoms with Crippen LogP contribution in [0.2, 0.25) is 0 Å². The van der Waals surface area contributed by atoms with Crippen LogP contribution in [0.15, 0.2) is 53.0 Å². The first-order chi connectivity index (χ1) is 18.3. The predicted octanol–water partition coefficient (Wildman–Crippen LogP) is 12.1. The first kappa shape index (κ1) is 24.2. The second-order valence-corrected chi connectivity index (χ2v) is 13.4. The van der Waals surface area contributed by atoms with Gasteiger partial charge in [0.2, 0.25) is 0 Å². The third-order valence-corrected chi connectivity index (χ3v) is 10.9. The topological polar surface area (TPSA) is 0 Å². The molecule has 0 unspecified atom stereocenters. The lowest BCUT2D eigenvalue weighted by atomic mass is 9.69. The Kier molecular flexibility index (Phi) is 6.78. The van der Waals surface area contributed by atoms with Gasteiger partial charge in [-0.05, 0) is 124 Å². The molecule has 0 saturated heterocycles. The van der Waals surface area contributed by atoms with Crippen molar-refractivity contribution in [2.75, 3.05) is 0 Å². The van der Waals surface area contributed by atoms with Crippen LogP contribution in [-0.4, -0.2) is 0 Å². The standard InChI is InChI=1S/C36H41Br/c37-33-22-29-20-27-18-10-11-19-28(27)21-30(29)32-23-31(24-12-4-1-5-13-24)34(25-14-6-2-7-15-25)35(36(32)33)26-16-8-3-9-17-26/h10-11,18-26H,1-9,12-17H2. The van der Waals surface area contributed by atoms with Crippen molar-refractivity contribution >= 4 is 48.2 Å². The summed E-state index contributed by atoms with van der Waals surface area (Å²) in [6.07, 6.45) is 21.1. The molecule has 0 spiro atoms. The second kappa shape index (κ2) is 10.4. The molecule has 37 heavy (non-hydrogen) atoms. The van der Waals surface area contributed by atoms with Crippen molar-refractivity contribution in [1.29, 1.82) is 0 Å². The first-order valence-electron chi connectivity index (χ1n) is 15.4. The van der Waals surface area contributed by atoms with E-state index in [1.165, 1.54) is 128 Å². The number of fused-ring (bicyclic) bond motifs is 4. The van der Waals surface area contributed by atoms with Gasteiger partial charge in [-0.3, -0.25) is 0 Å². The maximum atomic E-state index is 4.18. The fourth-order valence-corrected chi connectivity index (χ4v) is 9.12. The summed E-state index contributed by atoms with van der Waals surface area (Å²) in [7, 11) is 0. The molecule has 3 fully saturated rings. The Morgan fingerprint density at radius 2 is 1.03 bits per heavy atom. The Balaban J connectivity index is 1.58. The molecule has 1 heteroatoms. The lowest BCUT2D eigenvalue weighted by Crippen LogP contribution is -2.18. The van der Waals surface area contributed by atoms with E-state index in [1.807, 2.05) is 5.56 Å². The average molecular weight is 554 g/mol. The molecule has 3 saturated carbocycles. The van der Waals surface area contributed by atoms with Gasteiger partial charge >= 0.3 is 0 Å². The van der Waals surface area contributed by atoms with Crippen LogP contribution in [-0.2, 0) is 0 Å². The van der Waals surface area contributed by atoms with E-state index < -0.39 is 0 Å². The number of hydrogen-bond donors (Lipinski definition) is 0. The third kappa shape index (κ3) is 4.44. The van der Waals surface area contributed by atoms with E-state index in [-0.39, 0.29) is 0 Å². The first-order valence-corrected chi connectivity index (χ1v) is 16.2. The summed E-state index contributed by atoms with van der Waals surface area (Å²) in [5, 5.41) is 8.65. The maximum Gasteiger partial charge on any atom is 0.0263 e. The Morgan fingerprint density at radius 3 is 1.65 bits per heavy atom. The average Bonchev–Trinajstić information content (AvgIpc) is 2.97. The SMILES string of the molecule is Brc1cc2cc3ccccc3cc2c2cc(C3CCCCC3)c(C3CCCCC3)c(C3CCCCC3)c12. The zero-order chi connectivity index (χ0) is 24.8. The van der Waals surface area contributed by atoms with Gasteiger partial charge in [0.15, 0.2) is 0 Å². The summed E-state index contributed by atoms with van der Waals surface area (Å²) in [6, 6.07) is 19.0. The molecule has 3 aliphatic carbocycles. The normalized spacial score (nSPS) is 20.8. The Morgan fingerprint density at radius 1 is 0.486 bits per heavy atom. The van der Waals surface area contributed by atoms with Gasteiger partial charge < -0.3 is 0 Å². The van der Waals surface area contributed by atoms with Gasteiger partial charge in [0.1, 0.15) is 0 Å². The zero-order valence-corrected chi connectivity index (χ0v) is 23.9. The number of rotatable bonds is 3. The number of hydrogen-bond acceptors (Lipinski definition) is 0. The van der Waals surface area contributed by atoms with Crippen LogP contribution >= 0.6 is 15.9 Å². The van der Waals surface area contributed by atoms with Crippen LogP contribution in [0.5, 0.6) is 0 Å². The van der Waals surface area contributed by atoms with Gasteiger partial charge in [0, 0.05) is 9.86 Å². The van der Waals surface area contributed by atoms with Crippen molar-refractivity contribution in [3.05, 3.63) is 69.7 Å². The maximum absolute atomic E-state index is 4.18. The molecule has 0 radical (unpaired) electrons. The molecule has 0 aliphatic heterocycles. The molecule has 3 aliphatic rings. The largest absolute Gasteiger partial charge is 0.0616 e. The fraction of sp³-hybridized carbons (Fsp3) is 0.500. The van der Waals surface area contributed by atoms with Crippen molar-refractivity contribution < 1.29 is 0 Å². The molecule has 0 atom stereocenters. The molecule has 4 aromatic rings. The van der Waals surface area contributed by atoms with Gasteiger partial charge in [-0.2, -0.15) is 0 Å². The van der Waals surface area contributed by atoms with Crippen LogP contribution in [0, 0.1) is 0 Å². The zero-order valence-electron chi connectivity index (χ0n) is 22.3. The van der Waals surface area contributed by atoms with E-state index in [2.05, 4.69) is 64.5 Å². The number of benzene rings is 4. The van der Waals surface area contributed by atoms with Gasteiger partial charge in [0.05, 0.1) is 0 Å². The minimum atomic E-state index is 0.728. The lowest BCUT2D eigenvalue weighted by Gasteiger charge is -2.36. The van der Waals surface area contributed by atoms with E-state index >= 15 is 0 Å². The minimum absolute atomic E-state index is 0.728. The van der Waals surface area contributed by atoms with Crippen molar-refractivity contribution in [2.45, 2.75) is 114 Å². The molecule has 0 nitrogen and oxygen atoms in total. The van der Waals surface area contributed by atoms with Crippen LogP contribution in [0.3, 0.4) is 0 Å². The monoisotopic (exact) mass is 552 g/mol. The van der Waals surface area contributed by atoms with E-state index in [4.69, 9.17) is 0 Å². The highest BCUT2D eigenvalue weighted by atomic mass is 79.9. The van der Waals surface area contributed by atoms with E-state index in [0.717, 1.165) is 17.8 Å². The molecule has 7 rings (SSSR count). The highest BCUT2D eigenvalue weighted by Crippen LogP contribution is 2.51. The van der Waals surface area contributed by atoms with Crippen molar-refractivity contribution in [3.8, 4) is 0 Å². The Bertz CT molecular complexity index is 1430. The van der Waals surface area contributed by atoms with Crippen molar-refractivity contribution in [1.82, 2.24) is 0 Å². The Labute approximate surface area is 231 Å². The molecule has 0 amide bonds. The summed E-state index contributed by atoms with van der Waals surface area (Å²) < 4.78 is 1.33. The molecule has 0 bridgehead atoms. The second-order valence-electron chi connectivity index (χ2n) is 12.5. The molecule has 0 N–H and O–H groups in total. The highest BCUT2D eigenvalue weighted by molar-refractivity contribution is 9.10. The minimum Gasteiger partial charge on any atom is -0.0616 e. The predicted molar refractivity (Wildman–Crippen MR) is 164 cm³/mol. The summed E-state index contributed by atoms with van der Waals surface area (Å²) in [5.74, 6) is 2.25. The van der Waals surface area contributed by atoms with Crippen LogP contribution < -0.4 is 0 Å². The summed E-state index contributed by atoms with van der Waals surface area (Å²) >= 11 is 4.18. The number of halogens is 1. The molecule has 4 aromatic carbocycles. The van der Waals surface area contributed by atoms with Crippen LogP contribution in [0.25, 0.3) is 32.3 Å². The highest BCUT2D eigenvalue weighted by Gasteiger charge is 2.32. The third-order valence-electron chi connectivity index (χ3n) is 10.2. The fourth-order valence-electron chi connectivity index (χ4n) is 8.44. The lowest BCUT2D eigenvalue weighted by molar-refractivity contribution is 0.405. The molecule has 0 aromatic heterocycles. The van der Waals surface area contributed by atoms with Gasteiger partial charge in [-0.1, -0.05) is 98.0 Å². The molecule has 0 heterocycles. The summed E-state index contributed by atoms with van der Waals surface area (Å²) in [4.78, 5) is 0.